The molecular weight excluding hydrogens is 521 g/mol. The Bertz CT molecular complexity index is 1260. The first-order valence-electron chi connectivity index (χ1n) is 13.4. The van der Waals surface area contributed by atoms with E-state index < -0.39 is 23.8 Å². The molecular formula is C28H36FN5O4S. The summed E-state index contributed by atoms with van der Waals surface area (Å²) < 4.78 is 14.7. The third-order valence-electron chi connectivity index (χ3n) is 7.31. The molecule has 1 aromatic carbocycles. The second kappa shape index (κ2) is 12.2. The largest absolute Gasteiger partial charge is 0.355 e. The molecule has 4 rings (SSSR count). The fourth-order valence-corrected chi connectivity index (χ4v) is 6.00. The molecule has 210 valence electrons. The van der Waals surface area contributed by atoms with Crippen molar-refractivity contribution in [2.75, 3.05) is 26.2 Å². The van der Waals surface area contributed by atoms with Crippen LogP contribution in [-0.4, -0.2) is 76.7 Å². The lowest BCUT2D eigenvalue weighted by molar-refractivity contribution is -0.126. The van der Waals surface area contributed by atoms with E-state index in [0.717, 1.165) is 10.6 Å². The first-order valence-corrected chi connectivity index (χ1v) is 14.3. The molecule has 2 aromatic rings. The van der Waals surface area contributed by atoms with Crippen molar-refractivity contribution in [3.8, 4) is 0 Å². The van der Waals surface area contributed by atoms with Gasteiger partial charge < -0.3 is 20.4 Å². The number of aryl methyl sites for hydroxylation is 3. The van der Waals surface area contributed by atoms with Crippen LogP contribution in [0.3, 0.4) is 0 Å². The number of hydrogen-bond donors (Lipinski definition) is 2. The van der Waals surface area contributed by atoms with Gasteiger partial charge in [0.25, 0.3) is 11.8 Å². The predicted octanol–water partition coefficient (Wildman–Crippen LogP) is 2.85. The second-order valence-corrected chi connectivity index (χ2v) is 11.8. The van der Waals surface area contributed by atoms with Gasteiger partial charge in [0.05, 0.1) is 22.8 Å². The van der Waals surface area contributed by atoms with Crippen molar-refractivity contribution in [1.82, 2.24) is 25.4 Å². The monoisotopic (exact) mass is 557 g/mol. The Morgan fingerprint density at radius 2 is 1.95 bits per heavy atom. The minimum Gasteiger partial charge on any atom is -0.355 e. The third kappa shape index (κ3) is 6.63. The van der Waals surface area contributed by atoms with E-state index in [1.54, 1.807) is 19.1 Å². The van der Waals surface area contributed by atoms with Crippen LogP contribution in [0.4, 0.5) is 4.39 Å². The SMILES string of the molecule is Cc1nc(C)c(C(=O)N2CC(=O)NCCCc3ccc(F)c(c3)C(=O)N3CCC[C@H]3C(=O)N[C@H](C(C)C)C2)s1. The van der Waals surface area contributed by atoms with E-state index >= 15 is 0 Å². The Morgan fingerprint density at radius 1 is 1.18 bits per heavy atom. The lowest BCUT2D eigenvalue weighted by Gasteiger charge is -2.32. The van der Waals surface area contributed by atoms with Gasteiger partial charge in [-0.25, -0.2) is 9.37 Å². The summed E-state index contributed by atoms with van der Waals surface area (Å²) in [4.78, 5) is 61.1. The quantitative estimate of drug-likeness (QED) is 0.590. The Balaban J connectivity index is 1.66. The molecule has 2 bridgehead atoms. The van der Waals surface area contributed by atoms with Gasteiger partial charge in [-0.3, -0.25) is 19.2 Å². The van der Waals surface area contributed by atoms with Gasteiger partial charge in [0.15, 0.2) is 0 Å². The zero-order chi connectivity index (χ0) is 28.3. The van der Waals surface area contributed by atoms with Crippen LogP contribution < -0.4 is 10.6 Å². The topological polar surface area (TPSA) is 112 Å². The number of carbonyl (C=O) groups excluding carboxylic acids is 4. The molecule has 0 spiro atoms. The van der Waals surface area contributed by atoms with Gasteiger partial charge in [-0.1, -0.05) is 19.9 Å². The zero-order valence-electron chi connectivity index (χ0n) is 22.9. The molecule has 1 fully saturated rings. The number of benzene rings is 1. The van der Waals surface area contributed by atoms with E-state index in [9.17, 15) is 23.6 Å². The minimum atomic E-state index is -0.740. The number of nitrogens with one attached hydrogen (secondary N) is 2. The van der Waals surface area contributed by atoms with Gasteiger partial charge in [-0.15, -0.1) is 11.3 Å². The number of rotatable bonds is 2. The van der Waals surface area contributed by atoms with Gasteiger partial charge >= 0.3 is 0 Å². The summed E-state index contributed by atoms with van der Waals surface area (Å²) in [6.45, 7) is 8.12. The van der Waals surface area contributed by atoms with Crippen molar-refractivity contribution >= 4 is 35.0 Å². The fourth-order valence-electron chi connectivity index (χ4n) is 5.11. The first kappa shape index (κ1) is 28.7. The molecule has 11 heteroatoms. The maximum Gasteiger partial charge on any atom is 0.266 e. The molecule has 0 radical (unpaired) electrons. The molecule has 1 aromatic heterocycles. The molecule has 2 aliphatic heterocycles. The minimum absolute atomic E-state index is 0.0482. The second-order valence-electron chi connectivity index (χ2n) is 10.6. The standard InChI is InChI=1S/C28H36FN5O4S/c1-16(2)22-14-33(28(38)25-17(3)31-18(4)39-25)15-24(35)30-11-5-7-19-9-10-21(29)20(13-19)27(37)34-12-6-8-23(34)26(36)32-22/h9-10,13,16,22-23H,5-8,11-12,14-15H2,1-4H3,(H,30,35)(H,32,36)/t22-,23-/m0/s1. The van der Waals surface area contributed by atoms with E-state index in [-0.39, 0.29) is 42.3 Å². The molecule has 0 aliphatic carbocycles. The summed E-state index contributed by atoms with van der Waals surface area (Å²) in [7, 11) is 0. The van der Waals surface area contributed by atoms with Gasteiger partial charge in [0.1, 0.15) is 16.7 Å². The summed E-state index contributed by atoms with van der Waals surface area (Å²) in [6, 6.07) is 3.24. The van der Waals surface area contributed by atoms with Crippen molar-refractivity contribution in [2.24, 2.45) is 5.92 Å². The highest BCUT2D eigenvalue weighted by Crippen LogP contribution is 2.24. The fraction of sp³-hybridized carbons (Fsp3) is 0.536. The number of hydrogen-bond acceptors (Lipinski definition) is 6. The predicted molar refractivity (Wildman–Crippen MR) is 146 cm³/mol. The molecule has 4 amide bonds. The van der Waals surface area contributed by atoms with Crippen molar-refractivity contribution in [2.45, 2.75) is 65.5 Å². The number of nitrogens with zero attached hydrogens (tertiary/aromatic N) is 3. The molecule has 39 heavy (non-hydrogen) atoms. The summed E-state index contributed by atoms with van der Waals surface area (Å²) in [5.74, 6) is -2.16. The van der Waals surface area contributed by atoms with Crippen LogP contribution in [0.15, 0.2) is 18.2 Å². The highest BCUT2D eigenvalue weighted by molar-refractivity contribution is 7.13. The summed E-state index contributed by atoms with van der Waals surface area (Å²) in [6.07, 6.45) is 2.20. The molecule has 0 saturated carbocycles. The lowest BCUT2D eigenvalue weighted by Crippen LogP contribution is -2.54. The molecule has 9 nitrogen and oxygen atoms in total. The number of fused-ring (bicyclic) bond motifs is 3. The van der Waals surface area contributed by atoms with Crippen LogP contribution in [0.1, 0.15) is 69.4 Å². The normalized spacial score (nSPS) is 21.4. The highest BCUT2D eigenvalue weighted by Gasteiger charge is 2.37. The number of thiazole rings is 1. The Labute approximate surface area is 232 Å². The first-order chi connectivity index (χ1) is 18.5. The van der Waals surface area contributed by atoms with Gasteiger partial charge in [0.2, 0.25) is 11.8 Å². The van der Waals surface area contributed by atoms with Crippen LogP contribution >= 0.6 is 11.3 Å². The number of amides is 4. The van der Waals surface area contributed by atoms with E-state index in [0.29, 0.717) is 49.3 Å². The van der Waals surface area contributed by atoms with E-state index in [4.69, 9.17) is 0 Å². The van der Waals surface area contributed by atoms with Crippen LogP contribution in [0, 0.1) is 25.6 Å². The molecule has 2 N–H and O–H groups in total. The van der Waals surface area contributed by atoms with Crippen molar-refractivity contribution in [1.29, 1.82) is 0 Å². The maximum absolute atomic E-state index is 14.7. The number of carbonyl (C=O) groups is 4. The third-order valence-corrected chi connectivity index (χ3v) is 8.37. The molecule has 0 unspecified atom stereocenters. The average Bonchev–Trinajstić information content (AvgIpc) is 3.51. The van der Waals surface area contributed by atoms with Crippen LogP contribution in [0.5, 0.6) is 0 Å². The average molecular weight is 558 g/mol. The van der Waals surface area contributed by atoms with Crippen molar-refractivity contribution in [3.63, 3.8) is 0 Å². The molecule has 1 saturated heterocycles. The molecule has 2 atom stereocenters. The van der Waals surface area contributed by atoms with E-state index in [1.165, 1.54) is 27.2 Å². The summed E-state index contributed by atoms with van der Waals surface area (Å²) in [5, 5.41) is 6.65. The van der Waals surface area contributed by atoms with Gasteiger partial charge in [-0.05, 0) is 63.1 Å². The number of aromatic nitrogens is 1. The van der Waals surface area contributed by atoms with Gasteiger partial charge in [-0.2, -0.15) is 0 Å². The Kier molecular flexibility index (Phi) is 8.99. The number of halogens is 1. The summed E-state index contributed by atoms with van der Waals surface area (Å²) >= 11 is 1.28. The Morgan fingerprint density at radius 3 is 2.64 bits per heavy atom. The maximum atomic E-state index is 14.7. The zero-order valence-corrected chi connectivity index (χ0v) is 23.7. The van der Waals surface area contributed by atoms with E-state index in [1.807, 2.05) is 20.8 Å². The molecule has 2 aliphatic rings. The van der Waals surface area contributed by atoms with Crippen LogP contribution in [0.2, 0.25) is 0 Å². The smallest absolute Gasteiger partial charge is 0.266 e. The van der Waals surface area contributed by atoms with Gasteiger partial charge in [0, 0.05) is 25.7 Å². The highest BCUT2D eigenvalue weighted by atomic mass is 32.1. The summed E-state index contributed by atoms with van der Waals surface area (Å²) in [5.41, 5.74) is 1.32. The lowest BCUT2D eigenvalue weighted by atomic mass is 10.0. The van der Waals surface area contributed by atoms with Crippen LogP contribution in [-0.2, 0) is 16.0 Å². The molecule has 3 heterocycles. The van der Waals surface area contributed by atoms with Crippen molar-refractivity contribution < 1.29 is 23.6 Å². The van der Waals surface area contributed by atoms with Crippen LogP contribution in [0.25, 0.3) is 0 Å². The van der Waals surface area contributed by atoms with Crippen molar-refractivity contribution in [3.05, 3.63) is 50.7 Å². The Hall–Kier alpha value is -3.34. The van der Waals surface area contributed by atoms with E-state index in [2.05, 4.69) is 15.6 Å².